The first-order valence-corrected chi connectivity index (χ1v) is 6.96. The van der Waals surface area contributed by atoms with E-state index in [0.29, 0.717) is 6.42 Å². The molecule has 0 saturated heterocycles. The maximum Gasteiger partial charge on any atom is 0.177 e. The van der Waals surface area contributed by atoms with Gasteiger partial charge in [-0.2, -0.15) is 0 Å². The Hall–Kier alpha value is -1.41. The van der Waals surface area contributed by atoms with Crippen LogP contribution in [0.25, 0.3) is 0 Å². The zero-order valence-electron chi connectivity index (χ0n) is 11.3. The van der Waals surface area contributed by atoms with Gasteiger partial charge in [0.05, 0.1) is 4.88 Å². The molecule has 94 valence electrons. The lowest BCUT2D eigenvalue weighted by atomic mass is 9.98. The number of hydrogen-bond acceptors (Lipinski definition) is 2. The summed E-state index contributed by atoms with van der Waals surface area (Å²) >= 11 is 1.60. The summed E-state index contributed by atoms with van der Waals surface area (Å²) in [4.78, 5) is 14.4. The van der Waals surface area contributed by atoms with Crippen molar-refractivity contribution in [3.05, 3.63) is 56.3 Å². The van der Waals surface area contributed by atoms with E-state index < -0.39 is 0 Å². The van der Waals surface area contributed by atoms with Gasteiger partial charge in [-0.3, -0.25) is 4.79 Å². The van der Waals surface area contributed by atoms with Crippen molar-refractivity contribution in [1.82, 2.24) is 0 Å². The average molecular weight is 258 g/mol. The van der Waals surface area contributed by atoms with Gasteiger partial charge in [0.2, 0.25) is 0 Å². The van der Waals surface area contributed by atoms with Crippen LogP contribution in [0.5, 0.6) is 0 Å². The number of carbonyl (C=O) groups is 1. The zero-order valence-corrected chi connectivity index (χ0v) is 12.1. The highest BCUT2D eigenvalue weighted by atomic mass is 32.1. The number of hydrogen-bond donors (Lipinski definition) is 0. The summed E-state index contributed by atoms with van der Waals surface area (Å²) in [6.45, 7) is 8.26. The molecule has 18 heavy (non-hydrogen) atoms. The molecule has 0 fully saturated rings. The summed E-state index contributed by atoms with van der Waals surface area (Å²) in [7, 11) is 0. The topological polar surface area (TPSA) is 17.1 Å². The van der Waals surface area contributed by atoms with Crippen LogP contribution in [-0.2, 0) is 6.42 Å². The van der Waals surface area contributed by atoms with E-state index in [4.69, 9.17) is 0 Å². The lowest BCUT2D eigenvalue weighted by Gasteiger charge is -2.07. The summed E-state index contributed by atoms with van der Waals surface area (Å²) in [6, 6.07) is 8.19. The molecule has 1 nitrogen and oxygen atoms in total. The first-order chi connectivity index (χ1) is 8.49. The second kappa shape index (κ2) is 5.07. The molecule has 2 aromatic rings. The molecule has 0 aliphatic rings. The lowest BCUT2D eigenvalue weighted by Crippen LogP contribution is -2.04. The Morgan fingerprint density at radius 2 is 1.67 bits per heavy atom. The second-order valence-electron chi connectivity index (χ2n) is 4.82. The Morgan fingerprint density at radius 1 is 1.06 bits per heavy atom. The van der Waals surface area contributed by atoms with Crippen LogP contribution < -0.4 is 0 Å². The molecule has 1 aromatic carbocycles. The maximum atomic E-state index is 12.3. The van der Waals surface area contributed by atoms with Gasteiger partial charge in [-0.05, 0) is 56.0 Å². The van der Waals surface area contributed by atoms with Crippen LogP contribution in [-0.4, -0.2) is 5.78 Å². The molecule has 1 aromatic heterocycles. The van der Waals surface area contributed by atoms with Crippen LogP contribution in [0.2, 0.25) is 0 Å². The van der Waals surface area contributed by atoms with E-state index in [1.165, 1.54) is 27.1 Å². The first kappa shape index (κ1) is 13.0. The number of benzene rings is 1. The van der Waals surface area contributed by atoms with E-state index in [1.54, 1.807) is 11.3 Å². The molecule has 0 saturated carbocycles. The monoisotopic (exact) mass is 258 g/mol. The van der Waals surface area contributed by atoms with Crippen molar-refractivity contribution < 1.29 is 4.79 Å². The van der Waals surface area contributed by atoms with E-state index in [9.17, 15) is 4.79 Å². The van der Waals surface area contributed by atoms with Gasteiger partial charge in [-0.25, -0.2) is 0 Å². The van der Waals surface area contributed by atoms with E-state index in [2.05, 4.69) is 39.8 Å². The summed E-state index contributed by atoms with van der Waals surface area (Å²) in [5.41, 5.74) is 4.79. The van der Waals surface area contributed by atoms with Crippen LogP contribution in [0.4, 0.5) is 0 Å². The Bertz CT molecular complexity index is 553. The van der Waals surface area contributed by atoms with Gasteiger partial charge < -0.3 is 0 Å². The molecule has 0 aliphatic carbocycles. The van der Waals surface area contributed by atoms with Gasteiger partial charge in [-0.1, -0.05) is 18.2 Å². The van der Waals surface area contributed by atoms with E-state index in [1.807, 2.05) is 12.1 Å². The predicted molar refractivity (Wildman–Crippen MR) is 77.7 cm³/mol. The Balaban J connectivity index is 2.27. The standard InChI is InChI=1S/C16H18OS/c1-10-6-5-7-11(2)14(10)9-15(17)16-8-12(3)13(4)18-16/h5-8H,9H2,1-4H3. The number of thiophene rings is 1. The van der Waals surface area contributed by atoms with Crippen molar-refractivity contribution in [3.63, 3.8) is 0 Å². The van der Waals surface area contributed by atoms with E-state index >= 15 is 0 Å². The molecule has 0 aliphatic heterocycles. The van der Waals surface area contributed by atoms with E-state index in [0.717, 1.165) is 4.88 Å². The van der Waals surface area contributed by atoms with Crippen molar-refractivity contribution in [3.8, 4) is 0 Å². The van der Waals surface area contributed by atoms with Crippen molar-refractivity contribution in [1.29, 1.82) is 0 Å². The van der Waals surface area contributed by atoms with Crippen molar-refractivity contribution in [2.45, 2.75) is 34.1 Å². The quantitative estimate of drug-likeness (QED) is 0.745. The largest absolute Gasteiger partial charge is 0.293 e. The van der Waals surface area contributed by atoms with Crippen LogP contribution in [0.1, 0.15) is 36.8 Å². The third-order valence-electron chi connectivity index (χ3n) is 3.42. The molecule has 0 N–H and O–H groups in total. The normalized spacial score (nSPS) is 10.7. The van der Waals surface area contributed by atoms with Crippen LogP contribution in [0.3, 0.4) is 0 Å². The van der Waals surface area contributed by atoms with E-state index in [-0.39, 0.29) is 5.78 Å². The van der Waals surface area contributed by atoms with Gasteiger partial charge in [-0.15, -0.1) is 11.3 Å². The van der Waals surface area contributed by atoms with Crippen molar-refractivity contribution in [2.24, 2.45) is 0 Å². The van der Waals surface area contributed by atoms with Crippen molar-refractivity contribution in [2.75, 3.05) is 0 Å². The smallest absolute Gasteiger partial charge is 0.177 e. The summed E-state index contributed by atoms with van der Waals surface area (Å²) < 4.78 is 0. The minimum absolute atomic E-state index is 0.230. The minimum Gasteiger partial charge on any atom is -0.293 e. The highest BCUT2D eigenvalue weighted by Gasteiger charge is 2.13. The fourth-order valence-corrected chi connectivity index (χ4v) is 3.06. The molecule has 0 bridgehead atoms. The molecule has 1 heterocycles. The molecule has 2 heteroatoms. The molecule has 0 radical (unpaired) electrons. The Labute approximate surface area is 112 Å². The highest BCUT2D eigenvalue weighted by molar-refractivity contribution is 7.14. The second-order valence-corrected chi connectivity index (χ2v) is 6.08. The fraction of sp³-hybridized carbons (Fsp3) is 0.312. The third kappa shape index (κ3) is 2.54. The number of carbonyl (C=O) groups excluding carboxylic acids is 1. The van der Waals surface area contributed by atoms with Crippen LogP contribution >= 0.6 is 11.3 Å². The molecular formula is C16H18OS. The minimum atomic E-state index is 0.230. The van der Waals surface area contributed by atoms with Gasteiger partial charge in [0.1, 0.15) is 0 Å². The summed E-state index contributed by atoms with van der Waals surface area (Å²) in [6.07, 6.45) is 0.512. The molecule has 0 atom stereocenters. The Morgan fingerprint density at radius 3 is 2.17 bits per heavy atom. The lowest BCUT2D eigenvalue weighted by molar-refractivity contribution is 0.0996. The summed E-state index contributed by atoms with van der Waals surface area (Å²) in [5, 5.41) is 0. The van der Waals surface area contributed by atoms with Crippen molar-refractivity contribution >= 4 is 17.1 Å². The van der Waals surface area contributed by atoms with Crippen LogP contribution in [0.15, 0.2) is 24.3 Å². The fourth-order valence-electron chi connectivity index (χ4n) is 2.09. The predicted octanol–water partition coefficient (Wildman–Crippen LogP) is 4.41. The first-order valence-electron chi connectivity index (χ1n) is 6.14. The highest BCUT2D eigenvalue weighted by Crippen LogP contribution is 2.23. The number of ketones is 1. The maximum absolute atomic E-state index is 12.3. The zero-order chi connectivity index (χ0) is 13.3. The number of rotatable bonds is 3. The number of aryl methyl sites for hydroxylation is 4. The molecule has 0 amide bonds. The van der Waals surface area contributed by atoms with Gasteiger partial charge in [0.15, 0.2) is 5.78 Å². The van der Waals surface area contributed by atoms with Gasteiger partial charge in [0, 0.05) is 11.3 Å². The molecular weight excluding hydrogens is 240 g/mol. The molecule has 0 spiro atoms. The molecule has 0 unspecified atom stereocenters. The third-order valence-corrected chi connectivity index (χ3v) is 4.62. The van der Waals surface area contributed by atoms with Gasteiger partial charge >= 0.3 is 0 Å². The van der Waals surface area contributed by atoms with Crippen LogP contribution in [0, 0.1) is 27.7 Å². The van der Waals surface area contributed by atoms with Gasteiger partial charge in [0.25, 0.3) is 0 Å². The SMILES string of the molecule is Cc1cc(C(=O)Cc2c(C)cccc2C)sc1C. The Kier molecular flexibility index (Phi) is 3.67. The molecule has 2 rings (SSSR count). The average Bonchev–Trinajstić information content (AvgIpc) is 2.64. The number of Topliss-reactive ketones (excluding diaryl/α,β-unsaturated/α-hetero) is 1. The summed E-state index contributed by atoms with van der Waals surface area (Å²) in [5.74, 6) is 0.230.